The van der Waals surface area contributed by atoms with Gasteiger partial charge in [0.15, 0.2) is 0 Å². The Morgan fingerprint density at radius 2 is 2.07 bits per heavy atom. The molecule has 9 heteroatoms. The van der Waals surface area contributed by atoms with E-state index in [4.69, 9.17) is 4.74 Å². The van der Waals surface area contributed by atoms with Crippen LogP contribution < -0.4 is 10.1 Å². The Kier molecular flexibility index (Phi) is 7.90. The molecule has 1 aliphatic heterocycles. The fourth-order valence-electron chi connectivity index (χ4n) is 2.55. The number of hydrogen-bond acceptors (Lipinski definition) is 5. The number of rotatable bonds is 9. The average molecular weight is 398 g/mol. The van der Waals surface area contributed by atoms with Gasteiger partial charge in [0.1, 0.15) is 17.6 Å². The zero-order valence-electron chi connectivity index (χ0n) is 15.0. The molecule has 0 bridgehead atoms. The molecular formula is C18H23FN2O5S. The number of benzene rings is 1. The topological polar surface area (TPSA) is 95.9 Å². The molecule has 2 amide bonds. The van der Waals surface area contributed by atoms with Crippen molar-refractivity contribution >= 4 is 29.5 Å². The summed E-state index contributed by atoms with van der Waals surface area (Å²) in [5.41, 5.74) is 0. The van der Waals surface area contributed by atoms with Crippen molar-refractivity contribution in [3.63, 3.8) is 0 Å². The van der Waals surface area contributed by atoms with Crippen LogP contribution in [0.5, 0.6) is 5.75 Å². The maximum Gasteiger partial charge on any atom is 0.346 e. The summed E-state index contributed by atoms with van der Waals surface area (Å²) in [5, 5.41) is 11.8. The van der Waals surface area contributed by atoms with Gasteiger partial charge in [-0.3, -0.25) is 9.59 Å². The van der Waals surface area contributed by atoms with Crippen LogP contribution >= 0.6 is 11.8 Å². The van der Waals surface area contributed by atoms with Gasteiger partial charge in [0.25, 0.3) is 0 Å². The van der Waals surface area contributed by atoms with Crippen molar-refractivity contribution in [3.05, 3.63) is 30.1 Å². The Labute approximate surface area is 161 Å². The second kappa shape index (κ2) is 10.1. The Bertz CT molecular complexity index is 670. The minimum atomic E-state index is -1.32. The second-order valence-electron chi connectivity index (χ2n) is 6.13. The van der Waals surface area contributed by atoms with E-state index in [0.717, 1.165) is 25.0 Å². The normalized spacial score (nSPS) is 17.4. The first-order chi connectivity index (χ1) is 12.9. The third-order valence-corrected chi connectivity index (χ3v) is 5.09. The Hall–Kier alpha value is -2.29. The van der Waals surface area contributed by atoms with Crippen LogP contribution in [-0.4, -0.2) is 58.1 Å². The van der Waals surface area contributed by atoms with Crippen LogP contribution in [0.2, 0.25) is 0 Å². The molecular weight excluding hydrogens is 375 g/mol. The lowest BCUT2D eigenvalue weighted by Gasteiger charge is -2.24. The molecule has 1 aromatic carbocycles. The van der Waals surface area contributed by atoms with E-state index in [1.165, 1.54) is 28.8 Å². The molecule has 2 unspecified atom stereocenters. The maximum absolute atomic E-state index is 12.9. The smallest absolute Gasteiger partial charge is 0.346 e. The number of aliphatic carboxylic acids is 1. The van der Waals surface area contributed by atoms with Crippen LogP contribution in [0, 0.1) is 5.82 Å². The molecule has 0 aliphatic carbocycles. The largest absolute Gasteiger partial charge is 0.478 e. The average Bonchev–Trinajstić information content (AvgIpc) is 3.14. The van der Waals surface area contributed by atoms with E-state index < -0.39 is 29.8 Å². The molecule has 1 fully saturated rings. The van der Waals surface area contributed by atoms with Crippen molar-refractivity contribution in [2.75, 3.05) is 18.2 Å². The van der Waals surface area contributed by atoms with E-state index in [1.54, 1.807) is 0 Å². The molecule has 2 rings (SSSR count). The van der Waals surface area contributed by atoms with Crippen molar-refractivity contribution in [3.8, 4) is 5.75 Å². The Morgan fingerprint density at radius 1 is 1.37 bits per heavy atom. The standard InChI is InChI=1S/C18H23FN2O5S/c1-2-3-4-16(22)21-11-27-10-14(21)17(23)20-9-15(18(24)25)26-13-7-5-12(19)6-8-13/h5-8,14-15H,2-4,9-11H2,1H3,(H,20,23)(H,24,25). The van der Waals surface area contributed by atoms with E-state index in [9.17, 15) is 23.9 Å². The molecule has 0 saturated carbocycles. The first kappa shape index (κ1) is 21.0. The summed E-state index contributed by atoms with van der Waals surface area (Å²) in [6.45, 7) is 1.73. The van der Waals surface area contributed by atoms with Crippen LogP contribution in [0.1, 0.15) is 26.2 Å². The fourth-order valence-corrected chi connectivity index (χ4v) is 3.73. The highest BCUT2D eigenvalue weighted by Gasteiger charge is 2.34. The van der Waals surface area contributed by atoms with Gasteiger partial charge >= 0.3 is 5.97 Å². The zero-order valence-corrected chi connectivity index (χ0v) is 15.8. The summed E-state index contributed by atoms with van der Waals surface area (Å²) in [6, 6.07) is 4.33. The third-order valence-electron chi connectivity index (χ3n) is 4.08. The first-order valence-corrected chi connectivity index (χ1v) is 9.87. The number of carboxylic acid groups (broad SMARTS) is 1. The number of unbranched alkanes of at least 4 members (excludes halogenated alkanes) is 1. The number of carbonyl (C=O) groups is 3. The molecule has 1 aliphatic rings. The van der Waals surface area contributed by atoms with Gasteiger partial charge in [-0.1, -0.05) is 13.3 Å². The van der Waals surface area contributed by atoms with Crippen molar-refractivity contribution in [1.29, 1.82) is 0 Å². The first-order valence-electron chi connectivity index (χ1n) is 8.72. The number of ether oxygens (including phenoxy) is 1. The monoisotopic (exact) mass is 398 g/mol. The van der Waals surface area contributed by atoms with Crippen LogP contribution in [0.15, 0.2) is 24.3 Å². The lowest BCUT2D eigenvalue weighted by Crippen LogP contribution is -2.50. The highest BCUT2D eigenvalue weighted by atomic mass is 32.2. The van der Waals surface area contributed by atoms with Crippen LogP contribution in [0.25, 0.3) is 0 Å². The van der Waals surface area contributed by atoms with Crippen molar-refractivity contribution < 1.29 is 28.6 Å². The zero-order chi connectivity index (χ0) is 19.8. The van der Waals surface area contributed by atoms with Gasteiger partial charge in [-0.2, -0.15) is 0 Å². The minimum Gasteiger partial charge on any atom is -0.478 e. The number of nitrogens with one attached hydrogen (secondary N) is 1. The predicted molar refractivity (Wildman–Crippen MR) is 98.9 cm³/mol. The summed E-state index contributed by atoms with van der Waals surface area (Å²) in [5.74, 6) is -1.08. The van der Waals surface area contributed by atoms with E-state index in [2.05, 4.69) is 5.32 Å². The van der Waals surface area contributed by atoms with Gasteiger partial charge in [-0.05, 0) is 30.7 Å². The number of thioether (sulfide) groups is 1. The van der Waals surface area contributed by atoms with Gasteiger partial charge in [-0.15, -0.1) is 11.8 Å². The number of carbonyl (C=O) groups excluding carboxylic acids is 2. The van der Waals surface area contributed by atoms with Gasteiger partial charge in [0, 0.05) is 12.2 Å². The van der Waals surface area contributed by atoms with Crippen LogP contribution in [0.3, 0.4) is 0 Å². The van der Waals surface area contributed by atoms with Crippen molar-refractivity contribution in [1.82, 2.24) is 10.2 Å². The Morgan fingerprint density at radius 3 is 2.70 bits per heavy atom. The van der Waals surface area contributed by atoms with E-state index in [-0.39, 0.29) is 18.2 Å². The molecule has 148 valence electrons. The lowest BCUT2D eigenvalue weighted by atomic mass is 10.2. The van der Waals surface area contributed by atoms with E-state index in [0.29, 0.717) is 18.1 Å². The quantitative estimate of drug-likeness (QED) is 0.659. The summed E-state index contributed by atoms with van der Waals surface area (Å²) in [7, 11) is 0. The molecule has 1 saturated heterocycles. The number of halogens is 1. The van der Waals surface area contributed by atoms with Crippen molar-refractivity contribution in [2.45, 2.75) is 38.3 Å². The lowest BCUT2D eigenvalue weighted by molar-refractivity contribution is -0.145. The number of hydrogen-bond donors (Lipinski definition) is 2. The molecule has 0 radical (unpaired) electrons. The molecule has 0 spiro atoms. The summed E-state index contributed by atoms with van der Waals surface area (Å²) < 4.78 is 18.2. The highest BCUT2D eigenvalue weighted by molar-refractivity contribution is 7.99. The Balaban J connectivity index is 1.91. The van der Waals surface area contributed by atoms with Crippen LogP contribution in [-0.2, 0) is 14.4 Å². The van der Waals surface area contributed by atoms with Crippen LogP contribution in [0.4, 0.5) is 4.39 Å². The molecule has 0 aromatic heterocycles. The second-order valence-corrected chi connectivity index (χ2v) is 7.13. The number of amides is 2. The predicted octanol–water partition coefficient (Wildman–Crippen LogP) is 1.87. The third kappa shape index (κ3) is 6.13. The molecule has 27 heavy (non-hydrogen) atoms. The molecule has 1 aromatic rings. The van der Waals surface area contributed by atoms with Gasteiger partial charge in [0.2, 0.25) is 17.9 Å². The number of nitrogens with zero attached hydrogens (tertiary/aromatic N) is 1. The van der Waals surface area contributed by atoms with E-state index in [1.807, 2.05) is 6.92 Å². The molecule has 7 nitrogen and oxygen atoms in total. The molecule has 2 atom stereocenters. The number of carboxylic acids is 1. The van der Waals surface area contributed by atoms with Gasteiger partial charge in [-0.25, -0.2) is 9.18 Å². The fraction of sp³-hybridized carbons (Fsp3) is 0.500. The maximum atomic E-state index is 12.9. The van der Waals surface area contributed by atoms with Crippen molar-refractivity contribution in [2.24, 2.45) is 0 Å². The van der Waals surface area contributed by atoms with E-state index >= 15 is 0 Å². The summed E-state index contributed by atoms with van der Waals surface area (Å²) >= 11 is 1.49. The van der Waals surface area contributed by atoms with Gasteiger partial charge < -0.3 is 20.1 Å². The molecule has 2 N–H and O–H groups in total. The minimum absolute atomic E-state index is 0.0700. The summed E-state index contributed by atoms with van der Waals surface area (Å²) in [4.78, 5) is 37.6. The summed E-state index contributed by atoms with van der Waals surface area (Å²) in [6.07, 6.45) is 0.732. The highest BCUT2D eigenvalue weighted by Crippen LogP contribution is 2.22. The SMILES string of the molecule is CCCCC(=O)N1CSCC1C(=O)NCC(Oc1ccc(F)cc1)C(=O)O. The van der Waals surface area contributed by atoms with Gasteiger partial charge in [0.05, 0.1) is 12.4 Å². The molecule has 1 heterocycles.